The van der Waals surface area contributed by atoms with Gasteiger partial charge in [0.2, 0.25) is 0 Å². The fourth-order valence-electron chi connectivity index (χ4n) is 2.71. The third kappa shape index (κ3) is 9.72. The topological polar surface area (TPSA) is 78.9 Å². The number of aryl methyl sites for hydroxylation is 2. The molecule has 1 amide bonds. The molecule has 0 aliphatic rings. The number of carbonyl (C=O) groups excluding carboxylic acids is 1. The highest BCUT2D eigenvalue weighted by Gasteiger charge is 2.19. The predicted octanol–water partition coefficient (Wildman–Crippen LogP) is 5.00. The molecule has 0 aliphatic heterocycles. The summed E-state index contributed by atoms with van der Waals surface area (Å²) in [5.41, 5.74) is 2.73. The zero-order valence-electron chi connectivity index (χ0n) is 20.1. The fourth-order valence-corrected chi connectivity index (χ4v) is 3.59. The Morgan fingerprint density at radius 2 is 1.78 bits per heavy atom. The van der Waals surface area contributed by atoms with Crippen molar-refractivity contribution in [1.82, 2.24) is 20.5 Å². The molecule has 2 N–H and O–H groups in total. The molecule has 0 spiro atoms. The maximum absolute atomic E-state index is 12.1. The Morgan fingerprint density at radius 1 is 1.16 bits per heavy atom. The summed E-state index contributed by atoms with van der Waals surface area (Å²) in [6, 6.07) is 8.12. The van der Waals surface area contributed by atoms with Crippen molar-refractivity contribution in [3.63, 3.8) is 0 Å². The zero-order chi connectivity index (χ0) is 23.0. The van der Waals surface area contributed by atoms with Gasteiger partial charge in [0.15, 0.2) is 5.96 Å². The Bertz CT molecular complexity index is 871. The second-order valence-electron chi connectivity index (χ2n) is 8.45. The Morgan fingerprint density at radius 3 is 2.31 bits per heavy atom. The minimum absolute atomic E-state index is 0. The molecular formula is C23H36IN5O2S. The molecule has 0 fully saturated rings. The molecule has 9 heteroatoms. The van der Waals surface area contributed by atoms with E-state index in [-0.39, 0.29) is 30.1 Å². The molecule has 0 atom stereocenters. The SMILES string of the molecule is CCNC(=NCc1ccc(CN(C)C(=O)OC(C)(C)C)cc1)NCc1nc(C)c(C)s1.I. The largest absolute Gasteiger partial charge is 0.444 e. The van der Waals surface area contributed by atoms with Gasteiger partial charge in [-0.25, -0.2) is 14.8 Å². The van der Waals surface area contributed by atoms with Crippen LogP contribution in [0.2, 0.25) is 0 Å². The van der Waals surface area contributed by atoms with Gasteiger partial charge in [-0.3, -0.25) is 0 Å². The number of aliphatic imine (C=N–C) groups is 1. The summed E-state index contributed by atoms with van der Waals surface area (Å²) in [6.07, 6.45) is -0.326. The lowest BCUT2D eigenvalue weighted by Crippen LogP contribution is -2.36. The maximum atomic E-state index is 12.1. The van der Waals surface area contributed by atoms with Gasteiger partial charge in [0.05, 0.1) is 18.8 Å². The Hall–Kier alpha value is -1.88. The van der Waals surface area contributed by atoms with Crippen LogP contribution in [0.4, 0.5) is 4.79 Å². The summed E-state index contributed by atoms with van der Waals surface area (Å²) < 4.78 is 5.40. The number of ether oxygens (including phenoxy) is 1. The normalized spacial score (nSPS) is 11.5. The van der Waals surface area contributed by atoms with Crippen molar-refractivity contribution in [2.24, 2.45) is 4.99 Å². The number of rotatable bonds is 7. The van der Waals surface area contributed by atoms with Crippen LogP contribution in [0.25, 0.3) is 0 Å². The van der Waals surface area contributed by atoms with Crippen LogP contribution < -0.4 is 10.6 Å². The third-order valence-corrected chi connectivity index (χ3v) is 5.46. The van der Waals surface area contributed by atoms with Crippen molar-refractivity contribution in [2.45, 2.75) is 66.8 Å². The smallest absolute Gasteiger partial charge is 0.410 e. The average molecular weight is 574 g/mol. The van der Waals surface area contributed by atoms with E-state index in [1.54, 1.807) is 23.3 Å². The van der Waals surface area contributed by atoms with Crippen LogP contribution >= 0.6 is 35.3 Å². The van der Waals surface area contributed by atoms with E-state index in [4.69, 9.17) is 4.74 Å². The van der Waals surface area contributed by atoms with Gasteiger partial charge >= 0.3 is 6.09 Å². The quantitative estimate of drug-likeness (QED) is 0.277. The summed E-state index contributed by atoms with van der Waals surface area (Å²) in [5.74, 6) is 0.766. The van der Waals surface area contributed by atoms with Crippen LogP contribution in [0.1, 0.15) is 54.4 Å². The van der Waals surface area contributed by atoms with Crippen LogP contribution in [0.3, 0.4) is 0 Å². The zero-order valence-corrected chi connectivity index (χ0v) is 23.3. The molecule has 0 saturated heterocycles. The van der Waals surface area contributed by atoms with Gasteiger partial charge < -0.3 is 20.3 Å². The van der Waals surface area contributed by atoms with Crippen LogP contribution in [-0.2, 0) is 24.4 Å². The van der Waals surface area contributed by atoms with Crippen LogP contribution in [0, 0.1) is 13.8 Å². The minimum atomic E-state index is -0.497. The molecular weight excluding hydrogens is 537 g/mol. The van der Waals surface area contributed by atoms with E-state index in [0.717, 1.165) is 34.3 Å². The fraction of sp³-hybridized carbons (Fsp3) is 0.522. The van der Waals surface area contributed by atoms with E-state index >= 15 is 0 Å². The summed E-state index contributed by atoms with van der Waals surface area (Å²) in [4.78, 5) is 24.2. The number of benzene rings is 1. The highest BCUT2D eigenvalue weighted by atomic mass is 127. The number of hydrogen-bond donors (Lipinski definition) is 2. The molecule has 2 aromatic rings. The molecule has 7 nitrogen and oxygen atoms in total. The van der Waals surface area contributed by atoms with E-state index in [1.807, 2.05) is 58.9 Å². The summed E-state index contributed by atoms with van der Waals surface area (Å²) in [6.45, 7) is 14.3. The van der Waals surface area contributed by atoms with Crippen molar-refractivity contribution < 1.29 is 9.53 Å². The highest BCUT2D eigenvalue weighted by Crippen LogP contribution is 2.16. The molecule has 32 heavy (non-hydrogen) atoms. The van der Waals surface area contributed by atoms with E-state index in [1.165, 1.54) is 4.88 Å². The first kappa shape index (κ1) is 28.2. The number of nitrogens with zero attached hydrogens (tertiary/aromatic N) is 3. The van der Waals surface area contributed by atoms with Crippen molar-refractivity contribution >= 4 is 47.4 Å². The molecule has 0 aliphatic carbocycles. The van der Waals surface area contributed by atoms with Crippen LogP contribution in [0.5, 0.6) is 0 Å². The van der Waals surface area contributed by atoms with Gasteiger partial charge in [0, 0.05) is 25.0 Å². The number of amides is 1. The standard InChI is InChI=1S/C23H35N5O2S.HI/c1-8-24-21(26-14-20-27-16(2)17(3)31-20)25-13-18-9-11-19(12-10-18)15-28(7)22(29)30-23(4,5)6;/h9-12H,8,13-15H2,1-7H3,(H2,24,25,26);1H. The number of carbonyl (C=O) groups is 1. The maximum Gasteiger partial charge on any atom is 0.410 e. The molecule has 0 saturated carbocycles. The lowest BCUT2D eigenvalue weighted by molar-refractivity contribution is 0.0285. The highest BCUT2D eigenvalue weighted by molar-refractivity contribution is 14.0. The number of guanidine groups is 1. The minimum Gasteiger partial charge on any atom is -0.444 e. The van der Waals surface area contributed by atoms with E-state index in [0.29, 0.717) is 19.6 Å². The lowest BCUT2D eigenvalue weighted by atomic mass is 10.1. The van der Waals surface area contributed by atoms with Crippen LogP contribution in [-0.4, -0.2) is 41.1 Å². The summed E-state index contributed by atoms with van der Waals surface area (Å²) in [7, 11) is 1.74. The number of nitrogens with one attached hydrogen (secondary N) is 2. The first-order valence-corrected chi connectivity index (χ1v) is 11.4. The molecule has 1 aromatic heterocycles. The van der Waals surface area contributed by atoms with Gasteiger partial charge in [-0.05, 0) is 52.7 Å². The van der Waals surface area contributed by atoms with Gasteiger partial charge in [0.1, 0.15) is 10.6 Å². The first-order chi connectivity index (χ1) is 14.6. The van der Waals surface area contributed by atoms with Gasteiger partial charge in [-0.15, -0.1) is 35.3 Å². The van der Waals surface area contributed by atoms with Gasteiger partial charge in [0.25, 0.3) is 0 Å². The van der Waals surface area contributed by atoms with Crippen LogP contribution in [0.15, 0.2) is 29.3 Å². The average Bonchev–Trinajstić information content (AvgIpc) is 3.01. The van der Waals surface area contributed by atoms with Gasteiger partial charge in [-0.1, -0.05) is 24.3 Å². The number of halogens is 1. The number of aromatic nitrogens is 1. The summed E-state index contributed by atoms with van der Waals surface area (Å²) in [5, 5.41) is 7.67. The second kappa shape index (κ2) is 13.0. The Labute approximate surface area is 213 Å². The van der Waals surface area contributed by atoms with Gasteiger partial charge in [-0.2, -0.15) is 0 Å². The third-order valence-electron chi connectivity index (χ3n) is 4.39. The monoisotopic (exact) mass is 573 g/mol. The predicted molar refractivity (Wildman–Crippen MR) is 143 cm³/mol. The molecule has 0 radical (unpaired) electrons. The molecule has 2 rings (SSSR count). The van der Waals surface area contributed by atoms with E-state index < -0.39 is 5.60 Å². The van der Waals surface area contributed by atoms with E-state index in [9.17, 15) is 4.79 Å². The lowest BCUT2D eigenvalue weighted by Gasteiger charge is -2.24. The molecule has 1 heterocycles. The van der Waals surface area contributed by atoms with Crippen molar-refractivity contribution in [3.8, 4) is 0 Å². The second-order valence-corrected chi connectivity index (χ2v) is 9.74. The number of thiazole rings is 1. The first-order valence-electron chi connectivity index (χ1n) is 10.5. The Kier molecular flexibility index (Phi) is 11.4. The number of hydrogen-bond acceptors (Lipinski definition) is 5. The van der Waals surface area contributed by atoms with E-state index in [2.05, 4.69) is 27.5 Å². The molecule has 0 bridgehead atoms. The van der Waals surface area contributed by atoms with Crippen molar-refractivity contribution in [2.75, 3.05) is 13.6 Å². The molecule has 178 valence electrons. The van der Waals surface area contributed by atoms with Crippen molar-refractivity contribution in [1.29, 1.82) is 0 Å². The Balaban J connectivity index is 0.00000512. The molecule has 0 unspecified atom stereocenters. The van der Waals surface area contributed by atoms with Crippen molar-refractivity contribution in [3.05, 3.63) is 51.0 Å². The molecule has 1 aromatic carbocycles. The summed E-state index contributed by atoms with van der Waals surface area (Å²) >= 11 is 1.71.